The second kappa shape index (κ2) is 5.96. The SMILES string of the molecule is CC1CN(S(=O)(=O)c2ccc(N)c([N+](=O)[O-])c2)CCCO1. The molecule has 0 bridgehead atoms. The third kappa shape index (κ3) is 3.31. The number of ether oxygens (including phenoxy) is 1. The maximum atomic E-state index is 12.6. The van der Waals surface area contributed by atoms with E-state index in [1.165, 1.54) is 16.4 Å². The molecule has 1 saturated heterocycles. The van der Waals surface area contributed by atoms with Crippen LogP contribution < -0.4 is 5.73 Å². The lowest BCUT2D eigenvalue weighted by Crippen LogP contribution is -2.35. The van der Waals surface area contributed by atoms with Gasteiger partial charge in [-0.05, 0) is 25.5 Å². The first-order chi connectivity index (χ1) is 9.82. The number of nitrogens with zero attached hydrogens (tertiary/aromatic N) is 2. The third-order valence-corrected chi connectivity index (χ3v) is 5.11. The number of benzene rings is 1. The molecule has 116 valence electrons. The Morgan fingerprint density at radius 1 is 1.48 bits per heavy atom. The van der Waals surface area contributed by atoms with Crippen molar-refractivity contribution in [1.82, 2.24) is 4.31 Å². The van der Waals surface area contributed by atoms with E-state index in [-0.39, 0.29) is 23.2 Å². The van der Waals surface area contributed by atoms with Crippen molar-refractivity contribution in [1.29, 1.82) is 0 Å². The molecule has 2 rings (SSSR count). The number of nitrogens with two attached hydrogens (primary N) is 1. The van der Waals surface area contributed by atoms with Gasteiger partial charge in [0.25, 0.3) is 5.69 Å². The fourth-order valence-corrected chi connectivity index (χ4v) is 3.74. The van der Waals surface area contributed by atoms with E-state index >= 15 is 0 Å². The minimum Gasteiger partial charge on any atom is -0.393 e. The first kappa shape index (κ1) is 15.7. The lowest BCUT2D eigenvalue weighted by Gasteiger charge is -2.21. The predicted molar refractivity (Wildman–Crippen MR) is 76.3 cm³/mol. The number of anilines is 1. The molecule has 1 aliphatic rings. The molecule has 0 aromatic heterocycles. The Morgan fingerprint density at radius 2 is 2.19 bits per heavy atom. The third-order valence-electron chi connectivity index (χ3n) is 3.25. The highest BCUT2D eigenvalue weighted by atomic mass is 32.2. The molecule has 21 heavy (non-hydrogen) atoms. The van der Waals surface area contributed by atoms with Gasteiger partial charge in [-0.25, -0.2) is 8.42 Å². The standard InChI is InChI=1S/C12H17N3O5S/c1-9-8-14(5-2-6-20-9)21(18,19)10-3-4-11(13)12(7-10)15(16)17/h3-4,7,9H,2,5-6,8,13H2,1H3. The van der Waals surface area contributed by atoms with Crippen molar-refractivity contribution in [2.45, 2.75) is 24.3 Å². The molecule has 9 heteroatoms. The zero-order chi connectivity index (χ0) is 15.6. The molecule has 0 radical (unpaired) electrons. The Hall–Kier alpha value is -1.71. The summed E-state index contributed by atoms with van der Waals surface area (Å²) in [6.45, 7) is 2.83. The molecule has 1 aromatic carbocycles. The van der Waals surface area contributed by atoms with Gasteiger partial charge in [-0.2, -0.15) is 4.31 Å². The minimum absolute atomic E-state index is 0.0634. The van der Waals surface area contributed by atoms with Crippen LogP contribution in [0.25, 0.3) is 0 Å². The topological polar surface area (TPSA) is 116 Å². The van der Waals surface area contributed by atoms with Crippen molar-refractivity contribution in [2.75, 3.05) is 25.4 Å². The fraction of sp³-hybridized carbons (Fsp3) is 0.500. The summed E-state index contributed by atoms with van der Waals surface area (Å²) in [6, 6.07) is 3.53. The summed E-state index contributed by atoms with van der Waals surface area (Å²) >= 11 is 0. The fourth-order valence-electron chi connectivity index (χ4n) is 2.17. The van der Waals surface area contributed by atoms with Gasteiger partial charge < -0.3 is 10.5 Å². The van der Waals surface area contributed by atoms with Gasteiger partial charge in [0.15, 0.2) is 0 Å². The Bertz CT molecular complexity index is 646. The van der Waals surface area contributed by atoms with Crippen molar-refractivity contribution < 1.29 is 18.1 Å². The first-order valence-electron chi connectivity index (χ1n) is 6.48. The van der Waals surface area contributed by atoms with Crippen LogP contribution >= 0.6 is 0 Å². The second-order valence-corrected chi connectivity index (χ2v) is 6.81. The van der Waals surface area contributed by atoms with Gasteiger partial charge in [0, 0.05) is 25.8 Å². The summed E-state index contributed by atoms with van der Waals surface area (Å²) in [5, 5.41) is 10.9. The quantitative estimate of drug-likeness (QED) is 0.505. The van der Waals surface area contributed by atoms with E-state index in [1.54, 1.807) is 6.92 Å². The highest BCUT2D eigenvalue weighted by Crippen LogP contribution is 2.27. The summed E-state index contributed by atoms with van der Waals surface area (Å²) in [4.78, 5) is 10.1. The van der Waals surface area contributed by atoms with Gasteiger partial charge in [0.1, 0.15) is 5.69 Å². The number of hydrogen-bond acceptors (Lipinski definition) is 6. The molecular weight excluding hydrogens is 298 g/mol. The minimum atomic E-state index is -3.80. The van der Waals surface area contributed by atoms with Crippen LogP contribution in [0.4, 0.5) is 11.4 Å². The highest BCUT2D eigenvalue weighted by Gasteiger charge is 2.29. The van der Waals surface area contributed by atoms with Crippen molar-refractivity contribution in [3.05, 3.63) is 28.3 Å². The van der Waals surface area contributed by atoms with Crippen LogP contribution in [0.5, 0.6) is 0 Å². The van der Waals surface area contributed by atoms with E-state index in [4.69, 9.17) is 10.5 Å². The van der Waals surface area contributed by atoms with Gasteiger partial charge in [0.2, 0.25) is 10.0 Å². The molecule has 1 unspecified atom stereocenters. The maximum absolute atomic E-state index is 12.6. The zero-order valence-electron chi connectivity index (χ0n) is 11.6. The predicted octanol–water partition coefficient (Wildman–Crippen LogP) is 0.977. The Morgan fingerprint density at radius 3 is 2.86 bits per heavy atom. The van der Waals surface area contributed by atoms with Crippen LogP contribution in [0.2, 0.25) is 0 Å². The van der Waals surface area contributed by atoms with Gasteiger partial charge >= 0.3 is 0 Å². The maximum Gasteiger partial charge on any atom is 0.293 e. The van der Waals surface area contributed by atoms with E-state index in [9.17, 15) is 18.5 Å². The van der Waals surface area contributed by atoms with E-state index in [0.717, 1.165) is 6.07 Å². The Labute approximate surface area is 122 Å². The van der Waals surface area contributed by atoms with Gasteiger partial charge in [-0.15, -0.1) is 0 Å². The van der Waals surface area contributed by atoms with Crippen molar-refractivity contribution in [2.24, 2.45) is 0 Å². The zero-order valence-corrected chi connectivity index (χ0v) is 12.4. The lowest BCUT2D eigenvalue weighted by molar-refractivity contribution is -0.384. The molecule has 1 aromatic rings. The van der Waals surface area contributed by atoms with Crippen molar-refractivity contribution in [3.63, 3.8) is 0 Å². The van der Waals surface area contributed by atoms with E-state index in [1.807, 2.05) is 0 Å². The summed E-state index contributed by atoms with van der Waals surface area (Å²) in [6.07, 6.45) is 0.367. The van der Waals surface area contributed by atoms with Crippen molar-refractivity contribution in [3.8, 4) is 0 Å². The van der Waals surface area contributed by atoms with E-state index in [0.29, 0.717) is 19.6 Å². The van der Waals surface area contributed by atoms with Gasteiger partial charge in [-0.3, -0.25) is 10.1 Å². The molecule has 0 aliphatic carbocycles. The average Bonchev–Trinajstić information content (AvgIpc) is 2.63. The largest absolute Gasteiger partial charge is 0.393 e. The van der Waals surface area contributed by atoms with Crippen molar-refractivity contribution >= 4 is 21.4 Å². The molecule has 1 atom stereocenters. The smallest absolute Gasteiger partial charge is 0.293 e. The molecule has 1 aliphatic heterocycles. The van der Waals surface area contributed by atoms with Gasteiger partial charge in [0.05, 0.1) is 15.9 Å². The normalized spacial score (nSPS) is 20.9. The molecule has 0 saturated carbocycles. The van der Waals surface area contributed by atoms with Gasteiger partial charge in [-0.1, -0.05) is 0 Å². The molecule has 8 nitrogen and oxygen atoms in total. The molecule has 2 N–H and O–H groups in total. The van der Waals surface area contributed by atoms with Crippen LogP contribution in [0.3, 0.4) is 0 Å². The highest BCUT2D eigenvalue weighted by molar-refractivity contribution is 7.89. The Kier molecular flexibility index (Phi) is 4.45. The molecule has 0 spiro atoms. The molecular formula is C12H17N3O5S. The second-order valence-electron chi connectivity index (χ2n) is 4.88. The number of nitrogen functional groups attached to an aromatic ring is 1. The number of hydrogen-bond donors (Lipinski definition) is 1. The van der Waals surface area contributed by atoms with E-state index < -0.39 is 20.6 Å². The number of nitro groups is 1. The number of sulfonamides is 1. The first-order valence-corrected chi connectivity index (χ1v) is 7.92. The van der Waals surface area contributed by atoms with Crippen LogP contribution in [-0.4, -0.2) is 43.4 Å². The Balaban J connectivity index is 2.39. The number of rotatable bonds is 3. The monoisotopic (exact) mass is 315 g/mol. The van der Waals surface area contributed by atoms with E-state index in [2.05, 4.69) is 0 Å². The summed E-state index contributed by atoms with van der Waals surface area (Å²) < 4.78 is 31.9. The van der Waals surface area contributed by atoms with Crippen LogP contribution in [0.15, 0.2) is 23.1 Å². The molecule has 1 heterocycles. The number of nitro benzene ring substituents is 1. The average molecular weight is 315 g/mol. The van der Waals surface area contributed by atoms with Crippen LogP contribution in [-0.2, 0) is 14.8 Å². The van der Waals surface area contributed by atoms with Crippen LogP contribution in [0, 0.1) is 10.1 Å². The molecule has 1 fully saturated rings. The van der Waals surface area contributed by atoms with Crippen LogP contribution in [0.1, 0.15) is 13.3 Å². The lowest BCUT2D eigenvalue weighted by atomic mass is 10.3. The summed E-state index contributed by atoms with van der Waals surface area (Å²) in [7, 11) is -3.80. The summed E-state index contributed by atoms with van der Waals surface area (Å²) in [5.41, 5.74) is 5.02. The summed E-state index contributed by atoms with van der Waals surface area (Å²) in [5.74, 6) is 0. The molecule has 0 amide bonds.